The van der Waals surface area contributed by atoms with Crippen LogP contribution in [0.25, 0.3) is 90.3 Å². The third-order valence-corrected chi connectivity index (χ3v) is 9.53. The molecule has 0 fully saturated rings. The van der Waals surface area contributed by atoms with Crippen LogP contribution in [-0.2, 0) is 0 Å². The van der Waals surface area contributed by atoms with Crippen molar-refractivity contribution in [3.8, 4) is 90.3 Å². The summed E-state index contributed by atoms with van der Waals surface area (Å²) in [7, 11) is 0. The van der Waals surface area contributed by atoms with E-state index < -0.39 is 0 Å². The van der Waals surface area contributed by atoms with Gasteiger partial charge in [-0.15, -0.1) is 0 Å². The Morgan fingerprint density at radius 2 is 0.636 bits per heavy atom. The molecule has 55 heavy (non-hydrogen) atoms. The molecule has 6 heteroatoms. The van der Waals surface area contributed by atoms with Gasteiger partial charge in [0.05, 0.1) is 22.8 Å². The highest BCUT2D eigenvalue weighted by Gasteiger charge is 2.14. The lowest BCUT2D eigenvalue weighted by Crippen LogP contribution is -2.00. The first-order valence-electron chi connectivity index (χ1n) is 18.2. The molecule has 0 saturated carbocycles. The van der Waals surface area contributed by atoms with Gasteiger partial charge in [-0.3, -0.25) is 9.97 Å². The average molecular weight is 707 g/mol. The van der Waals surface area contributed by atoms with Crippen molar-refractivity contribution in [1.29, 1.82) is 0 Å². The molecule has 4 aromatic heterocycles. The molecule has 0 aliphatic heterocycles. The lowest BCUT2D eigenvalue weighted by molar-refractivity contribution is 1.07. The van der Waals surface area contributed by atoms with Crippen LogP contribution < -0.4 is 0 Å². The van der Waals surface area contributed by atoms with Crippen LogP contribution in [0.2, 0.25) is 0 Å². The van der Waals surface area contributed by atoms with Gasteiger partial charge in [0, 0.05) is 34.6 Å². The zero-order chi connectivity index (χ0) is 37.0. The minimum Gasteiger partial charge on any atom is -0.254 e. The van der Waals surface area contributed by atoms with Gasteiger partial charge in [0.15, 0.2) is 17.5 Å². The molecular weight excluding hydrogens is 673 g/mol. The summed E-state index contributed by atoms with van der Waals surface area (Å²) < 4.78 is 0. The van der Waals surface area contributed by atoms with E-state index in [2.05, 4.69) is 89.9 Å². The maximum absolute atomic E-state index is 5.00. The molecule has 0 N–H and O–H groups in total. The third kappa shape index (κ3) is 7.30. The summed E-state index contributed by atoms with van der Waals surface area (Å²) in [6.45, 7) is 2.04. The second-order valence-electron chi connectivity index (χ2n) is 13.3. The molecule has 0 unspecified atom stereocenters. The maximum Gasteiger partial charge on any atom is 0.164 e. The molecule has 0 spiro atoms. The van der Waals surface area contributed by atoms with E-state index in [1.165, 1.54) is 0 Å². The van der Waals surface area contributed by atoms with Crippen molar-refractivity contribution >= 4 is 0 Å². The zero-order valence-corrected chi connectivity index (χ0v) is 30.1. The second-order valence-corrected chi connectivity index (χ2v) is 13.3. The Morgan fingerprint density at radius 1 is 0.273 bits per heavy atom. The van der Waals surface area contributed by atoms with Crippen molar-refractivity contribution in [1.82, 2.24) is 29.9 Å². The van der Waals surface area contributed by atoms with Crippen molar-refractivity contribution in [3.63, 3.8) is 0 Å². The monoisotopic (exact) mass is 706 g/mol. The quantitative estimate of drug-likeness (QED) is 0.157. The molecule has 0 amide bonds. The van der Waals surface area contributed by atoms with Gasteiger partial charge in [-0.2, -0.15) is 0 Å². The third-order valence-electron chi connectivity index (χ3n) is 9.53. The van der Waals surface area contributed by atoms with Gasteiger partial charge in [0.1, 0.15) is 0 Å². The van der Waals surface area contributed by atoms with Gasteiger partial charge in [-0.05, 0) is 64.6 Å². The van der Waals surface area contributed by atoms with Crippen LogP contribution in [0.1, 0.15) is 5.56 Å². The summed E-state index contributed by atoms with van der Waals surface area (Å²) >= 11 is 0. The number of nitrogens with zero attached hydrogens (tertiary/aromatic N) is 6. The predicted molar refractivity (Wildman–Crippen MR) is 221 cm³/mol. The summed E-state index contributed by atoms with van der Waals surface area (Å²) in [4.78, 5) is 29.1. The van der Waals surface area contributed by atoms with Crippen LogP contribution in [0.3, 0.4) is 0 Å². The molecule has 0 radical (unpaired) electrons. The van der Waals surface area contributed by atoms with E-state index in [-0.39, 0.29) is 0 Å². The molecule has 0 aliphatic rings. The van der Waals surface area contributed by atoms with Crippen LogP contribution in [-0.4, -0.2) is 29.9 Å². The highest BCUT2D eigenvalue weighted by molar-refractivity contribution is 5.77. The Bertz CT molecular complexity index is 2640. The first kappa shape index (κ1) is 33.4. The summed E-state index contributed by atoms with van der Waals surface area (Å²) in [5, 5.41) is 0. The van der Waals surface area contributed by atoms with Gasteiger partial charge in [-0.1, -0.05) is 152 Å². The first-order chi connectivity index (χ1) is 27.1. The number of pyridine rings is 3. The van der Waals surface area contributed by atoms with Crippen LogP contribution in [0, 0.1) is 6.92 Å². The Kier molecular flexibility index (Phi) is 9.04. The van der Waals surface area contributed by atoms with E-state index >= 15 is 0 Å². The normalized spacial score (nSPS) is 11.0. The van der Waals surface area contributed by atoms with Crippen LogP contribution in [0.5, 0.6) is 0 Å². The Hall–Kier alpha value is -7.44. The van der Waals surface area contributed by atoms with Crippen LogP contribution in [0.15, 0.2) is 188 Å². The molecule has 6 nitrogen and oxygen atoms in total. The maximum atomic E-state index is 5.00. The van der Waals surface area contributed by atoms with E-state index in [9.17, 15) is 0 Å². The molecule has 0 bridgehead atoms. The van der Waals surface area contributed by atoms with Gasteiger partial charge >= 0.3 is 0 Å². The second kappa shape index (κ2) is 14.9. The SMILES string of the molecule is Cc1ccc(-c2cc(-c3ccccc3)cc(-c3ccc(-c4ccc(-c5ccc(-c6nc(-c7ccccc7)nc(-c7ccccc7)n6)cc5)cc4)cn3)n2)nc1. The summed E-state index contributed by atoms with van der Waals surface area (Å²) in [6, 6.07) is 59.8. The fourth-order valence-corrected chi connectivity index (χ4v) is 6.53. The van der Waals surface area contributed by atoms with E-state index in [4.69, 9.17) is 24.9 Å². The van der Waals surface area contributed by atoms with E-state index in [1.807, 2.05) is 110 Å². The zero-order valence-electron chi connectivity index (χ0n) is 30.1. The standard InChI is InChI=1S/C49H34N6/c1-33-17-27-43(50-31-33)45-29-42(34-11-5-2-6-12-34)30-46(52-45)44-28-26-41(32-51-44)37-20-18-35(19-21-37)36-22-24-40(25-23-36)49-54-47(38-13-7-3-8-14-38)53-48(55-49)39-15-9-4-10-16-39/h2-32H,1H3. The largest absolute Gasteiger partial charge is 0.254 e. The van der Waals surface area contributed by atoms with Crippen molar-refractivity contribution in [2.45, 2.75) is 6.92 Å². The topological polar surface area (TPSA) is 77.3 Å². The number of aromatic nitrogens is 6. The lowest BCUT2D eigenvalue weighted by Gasteiger charge is -2.10. The highest BCUT2D eigenvalue weighted by atomic mass is 15.0. The van der Waals surface area contributed by atoms with Gasteiger partial charge < -0.3 is 0 Å². The number of benzene rings is 5. The molecule has 5 aromatic carbocycles. The van der Waals surface area contributed by atoms with Crippen molar-refractivity contribution in [2.24, 2.45) is 0 Å². The van der Waals surface area contributed by atoms with Crippen molar-refractivity contribution in [2.75, 3.05) is 0 Å². The summed E-state index contributed by atoms with van der Waals surface area (Å²) in [6.07, 6.45) is 3.79. The average Bonchev–Trinajstić information content (AvgIpc) is 3.27. The van der Waals surface area contributed by atoms with E-state index in [1.54, 1.807) is 0 Å². The van der Waals surface area contributed by atoms with Gasteiger partial charge in [0.2, 0.25) is 0 Å². The number of hydrogen-bond donors (Lipinski definition) is 0. The van der Waals surface area contributed by atoms with Crippen LogP contribution >= 0.6 is 0 Å². The fourth-order valence-electron chi connectivity index (χ4n) is 6.53. The minimum absolute atomic E-state index is 0.635. The van der Waals surface area contributed by atoms with E-state index in [0.717, 1.165) is 78.4 Å². The Labute approximate surface area is 320 Å². The molecule has 0 saturated heterocycles. The molecule has 9 aromatic rings. The minimum atomic E-state index is 0.635. The number of rotatable bonds is 8. The summed E-state index contributed by atoms with van der Waals surface area (Å²) in [5.41, 5.74) is 13.7. The molecule has 260 valence electrons. The van der Waals surface area contributed by atoms with Crippen molar-refractivity contribution < 1.29 is 0 Å². The molecular formula is C49H34N6. The van der Waals surface area contributed by atoms with E-state index in [0.29, 0.717) is 17.5 Å². The Morgan fingerprint density at radius 3 is 1.07 bits per heavy atom. The Balaban J connectivity index is 0.968. The van der Waals surface area contributed by atoms with Gasteiger partial charge in [0.25, 0.3) is 0 Å². The number of hydrogen-bond acceptors (Lipinski definition) is 6. The molecule has 0 atom stereocenters. The summed E-state index contributed by atoms with van der Waals surface area (Å²) in [5.74, 6) is 1.93. The first-order valence-corrected chi connectivity index (χ1v) is 18.2. The van der Waals surface area contributed by atoms with Crippen molar-refractivity contribution in [3.05, 3.63) is 194 Å². The highest BCUT2D eigenvalue weighted by Crippen LogP contribution is 2.32. The van der Waals surface area contributed by atoms with Gasteiger partial charge in [-0.25, -0.2) is 19.9 Å². The lowest BCUT2D eigenvalue weighted by atomic mass is 9.99. The molecule has 9 rings (SSSR count). The smallest absolute Gasteiger partial charge is 0.164 e. The number of aryl methyl sites for hydroxylation is 1. The predicted octanol–water partition coefficient (Wildman–Crippen LogP) is 11.7. The molecule has 4 heterocycles. The van der Waals surface area contributed by atoms with Crippen LogP contribution in [0.4, 0.5) is 0 Å². The fraction of sp³-hybridized carbons (Fsp3) is 0.0204. The molecule has 0 aliphatic carbocycles.